The lowest BCUT2D eigenvalue weighted by Gasteiger charge is -2.19. The smallest absolute Gasteiger partial charge is 0.243 e. The number of thiophene rings is 1. The van der Waals surface area contributed by atoms with Crippen molar-refractivity contribution in [2.45, 2.75) is 37.8 Å². The van der Waals surface area contributed by atoms with Crippen LogP contribution in [0.4, 0.5) is 0 Å². The average Bonchev–Trinajstić information content (AvgIpc) is 2.43. The van der Waals surface area contributed by atoms with Crippen LogP contribution in [0.1, 0.15) is 25.6 Å². The lowest BCUT2D eigenvalue weighted by atomic mass is 10.1. The van der Waals surface area contributed by atoms with Crippen molar-refractivity contribution in [3.8, 4) is 0 Å². The van der Waals surface area contributed by atoms with Gasteiger partial charge in [-0.2, -0.15) is 0 Å². The quantitative estimate of drug-likeness (QED) is 0.884. The molecule has 0 saturated carbocycles. The second-order valence-corrected chi connectivity index (χ2v) is 8.84. The fraction of sp³-hybridized carbons (Fsp3) is 0.600. The van der Waals surface area contributed by atoms with Crippen molar-refractivity contribution in [1.29, 1.82) is 0 Å². The molecule has 0 bridgehead atoms. The highest BCUT2D eigenvalue weighted by atomic mass is 79.9. The van der Waals surface area contributed by atoms with Gasteiger partial charge in [-0.1, -0.05) is 0 Å². The Balaban J connectivity index is 3.07. The third-order valence-electron chi connectivity index (χ3n) is 1.79. The first-order valence-electron chi connectivity index (χ1n) is 5.12. The second kappa shape index (κ2) is 5.36. The minimum atomic E-state index is -3.46. The molecule has 0 unspecified atom stereocenters. The van der Waals surface area contributed by atoms with Gasteiger partial charge in [-0.15, -0.1) is 11.3 Å². The molecule has 4 nitrogen and oxygen atoms in total. The van der Waals surface area contributed by atoms with E-state index in [1.807, 2.05) is 27.8 Å². The third-order valence-corrected chi connectivity index (χ3v) is 5.80. The number of sulfonamides is 1. The zero-order valence-electron chi connectivity index (χ0n) is 10.3. The van der Waals surface area contributed by atoms with E-state index in [9.17, 15) is 8.42 Å². The summed E-state index contributed by atoms with van der Waals surface area (Å²) in [5, 5.41) is 3.00. The molecule has 7 heteroatoms. The first-order chi connectivity index (χ1) is 7.65. The molecule has 17 heavy (non-hydrogen) atoms. The topological polar surface area (TPSA) is 58.2 Å². The molecule has 0 amide bonds. The molecular formula is C10H17BrN2O2S2. The number of rotatable bonds is 4. The van der Waals surface area contributed by atoms with Gasteiger partial charge >= 0.3 is 0 Å². The number of hydrogen-bond donors (Lipinski definition) is 2. The van der Waals surface area contributed by atoms with Crippen LogP contribution >= 0.6 is 27.3 Å². The third kappa shape index (κ3) is 4.33. The van der Waals surface area contributed by atoms with E-state index in [1.54, 1.807) is 6.07 Å². The van der Waals surface area contributed by atoms with Crippen molar-refractivity contribution in [3.05, 3.63) is 14.7 Å². The lowest BCUT2D eigenvalue weighted by molar-refractivity contribution is 0.491. The Hall–Kier alpha value is 0.0500. The van der Waals surface area contributed by atoms with E-state index in [4.69, 9.17) is 0 Å². The van der Waals surface area contributed by atoms with Gasteiger partial charge in [0, 0.05) is 17.0 Å². The summed E-state index contributed by atoms with van der Waals surface area (Å²) in [4.78, 5) is 1.29. The molecule has 0 spiro atoms. The van der Waals surface area contributed by atoms with Crippen molar-refractivity contribution in [2.24, 2.45) is 0 Å². The summed E-state index contributed by atoms with van der Waals surface area (Å²) in [6.07, 6.45) is 0. The largest absolute Gasteiger partial charge is 0.315 e. The van der Waals surface area contributed by atoms with Crippen LogP contribution < -0.4 is 10.0 Å². The normalized spacial score (nSPS) is 13.0. The van der Waals surface area contributed by atoms with Crippen LogP contribution in [0.15, 0.2) is 14.7 Å². The van der Waals surface area contributed by atoms with Crippen LogP contribution in [0.2, 0.25) is 0 Å². The molecule has 0 aliphatic rings. The predicted molar refractivity (Wildman–Crippen MR) is 74.9 cm³/mol. The lowest BCUT2D eigenvalue weighted by Crippen LogP contribution is -2.40. The Bertz CT molecular complexity index is 489. The molecule has 0 saturated heterocycles. The minimum Gasteiger partial charge on any atom is -0.315 e. The molecule has 1 rings (SSSR count). The Morgan fingerprint density at radius 2 is 2.00 bits per heavy atom. The van der Waals surface area contributed by atoms with Gasteiger partial charge in [-0.25, -0.2) is 13.1 Å². The molecule has 0 fully saturated rings. The summed E-state index contributed by atoms with van der Waals surface area (Å²) in [5.41, 5.74) is -0.483. The van der Waals surface area contributed by atoms with E-state index in [1.165, 1.54) is 11.3 Å². The van der Waals surface area contributed by atoms with Crippen LogP contribution in [0.5, 0.6) is 0 Å². The summed E-state index contributed by atoms with van der Waals surface area (Å²) in [7, 11) is -1.63. The van der Waals surface area contributed by atoms with E-state index in [2.05, 4.69) is 26.0 Å². The standard InChI is InChI=1S/C10H17BrN2O2S2/c1-10(2,3)13-17(14,15)8-5-7(6-12-4)16-9(8)11/h5,12-13H,6H2,1-4H3. The predicted octanol–water partition coefficient (Wildman–Crippen LogP) is 2.31. The summed E-state index contributed by atoms with van der Waals surface area (Å²) in [5.74, 6) is 0. The first-order valence-corrected chi connectivity index (χ1v) is 8.22. The molecule has 0 atom stereocenters. The molecule has 1 aromatic rings. The van der Waals surface area contributed by atoms with E-state index in [-0.39, 0.29) is 0 Å². The van der Waals surface area contributed by atoms with Gasteiger partial charge in [-0.3, -0.25) is 0 Å². The molecule has 98 valence electrons. The highest BCUT2D eigenvalue weighted by Gasteiger charge is 2.25. The molecule has 0 aliphatic carbocycles. The highest BCUT2D eigenvalue weighted by Crippen LogP contribution is 2.32. The first kappa shape index (κ1) is 15.1. The summed E-state index contributed by atoms with van der Waals surface area (Å²) < 4.78 is 27.5. The fourth-order valence-electron chi connectivity index (χ4n) is 1.30. The van der Waals surface area contributed by atoms with Crippen LogP contribution in [-0.2, 0) is 16.6 Å². The number of halogens is 1. The fourth-order valence-corrected chi connectivity index (χ4v) is 5.41. The van der Waals surface area contributed by atoms with Gasteiger partial charge in [0.2, 0.25) is 10.0 Å². The summed E-state index contributed by atoms with van der Waals surface area (Å²) >= 11 is 4.73. The Kier molecular flexibility index (Phi) is 4.76. The molecule has 2 N–H and O–H groups in total. The molecule has 1 heterocycles. The van der Waals surface area contributed by atoms with Crippen LogP contribution in [0.25, 0.3) is 0 Å². The van der Waals surface area contributed by atoms with Crippen molar-refractivity contribution in [3.63, 3.8) is 0 Å². The van der Waals surface area contributed by atoms with Crippen molar-refractivity contribution >= 4 is 37.3 Å². The molecule has 0 aromatic carbocycles. The second-order valence-electron chi connectivity index (χ2n) is 4.74. The van der Waals surface area contributed by atoms with E-state index in [0.717, 1.165) is 4.88 Å². The van der Waals surface area contributed by atoms with Crippen molar-refractivity contribution in [2.75, 3.05) is 7.05 Å². The van der Waals surface area contributed by atoms with Gasteiger partial charge < -0.3 is 5.32 Å². The summed E-state index contributed by atoms with van der Waals surface area (Å²) in [6.45, 7) is 6.12. The molecule has 1 aromatic heterocycles. The maximum Gasteiger partial charge on any atom is 0.243 e. The molecule has 0 aliphatic heterocycles. The molecular weight excluding hydrogens is 324 g/mol. The van der Waals surface area contributed by atoms with E-state index >= 15 is 0 Å². The van der Waals surface area contributed by atoms with Gasteiger partial charge in [-0.05, 0) is 49.8 Å². The van der Waals surface area contributed by atoms with Crippen LogP contribution in [0, 0.1) is 0 Å². The van der Waals surface area contributed by atoms with E-state index < -0.39 is 15.6 Å². The van der Waals surface area contributed by atoms with Gasteiger partial charge in [0.1, 0.15) is 4.90 Å². The highest BCUT2D eigenvalue weighted by molar-refractivity contribution is 9.11. The maximum absolute atomic E-state index is 12.1. The SMILES string of the molecule is CNCc1cc(S(=O)(=O)NC(C)(C)C)c(Br)s1. The number of hydrogen-bond acceptors (Lipinski definition) is 4. The van der Waals surface area contributed by atoms with Gasteiger partial charge in [0.05, 0.1) is 3.79 Å². The van der Waals surface area contributed by atoms with Gasteiger partial charge in [0.25, 0.3) is 0 Å². The van der Waals surface area contributed by atoms with Crippen LogP contribution in [0.3, 0.4) is 0 Å². The van der Waals surface area contributed by atoms with E-state index in [0.29, 0.717) is 15.2 Å². The zero-order chi connectivity index (χ0) is 13.3. The van der Waals surface area contributed by atoms with Crippen molar-refractivity contribution < 1.29 is 8.42 Å². The van der Waals surface area contributed by atoms with Gasteiger partial charge in [0.15, 0.2) is 0 Å². The average molecular weight is 341 g/mol. The monoisotopic (exact) mass is 340 g/mol. The number of nitrogens with one attached hydrogen (secondary N) is 2. The van der Waals surface area contributed by atoms with Crippen molar-refractivity contribution in [1.82, 2.24) is 10.0 Å². The van der Waals surface area contributed by atoms with Crippen LogP contribution in [-0.4, -0.2) is 21.0 Å². The minimum absolute atomic E-state index is 0.308. The Morgan fingerprint density at radius 3 is 2.47 bits per heavy atom. The molecule has 0 radical (unpaired) electrons. The Morgan fingerprint density at radius 1 is 1.41 bits per heavy atom. The Labute approximate surface area is 115 Å². The zero-order valence-corrected chi connectivity index (χ0v) is 13.5. The maximum atomic E-state index is 12.1. The summed E-state index contributed by atoms with van der Waals surface area (Å²) in [6, 6.07) is 1.69.